The molecule has 1 aliphatic carbocycles. The molecule has 1 N–H and O–H groups in total. The third kappa shape index (κ3) is 2.82. The molecular weight excluding hydrogens is 196 g/mol. The predicted molar refractivity (Wildman–Crippen MR) is 67.5 cm³/mol. The molecule has 1 aromatic heterocycles. The third-order valence-corrected chi connectivity index (χ3v) is 3.45. The smallest absolute Gasteiger partial charge is 0.0545 e. The fraction of sp³-hybridized carbons (Fsp3) is 0.643. The molecule has 1 aromatic rings. The Hall–Kier alpha value is -0.890. The van der Waals surface area contributed by atoms with Gasteiger partial charge in [0.2, 0.25) is 0 Å². The minimum atomic E-state index is 0.574. The van der Waals surface area contributed by atoms with Crippen molar-refractivity contribution in [3.8, 4) is 0 Å². The molecule has 0 amide bonds. The molecule has 0 bridgehead atoms. The Kier molecular flexibility index (Phi) is 3.59. The van der Waals surface area contributed by atoms with Crippen LogP contribution < -0.4 is 5.32 Å². The van der Waals surface area contributed by atoms with Crippen LogP contribution in [0, 0.1) is 6.92 Å². The summed E-state index contributed by atoms with van der Waals surface area (Å²) in [5.74, 6) is 0.809. The summed E-state index contributed by atoms with van der Waals surface area (Å²) in [4.78, 5) is 4.68. The van der Waals surface area contributed by atoms with Gasteiger partial charge >= 0.3 is 0 Å². The van der Waals surface area contributed by atoms with Crippen molar-refractivity contribution in [1.82, 2.24) is 10.3 Å². The van der Waals surface area contributed by atoms with E-state index in [-0.39, 0.29) is 0 Å². The Morgan fingerprint density at radius 3 is 2.75 bits per heavy atom. The molecule has 0 saturated heterocycles. The standard InChI is InChI=1S/C14H22N2/c1-4-10(2)15-9-13-7-8-14(11(3)16-13)12-5-6-12/h7-8,10,12,15H,4-6,9H2,1-3H3. The van der Waals surface area contributed by atoms with Crippen molar-refractivity contribution in [2.75, 3.05) is 0 Å². The van der Waals surface area contributed by atoms with Crippen molar-refractivity contribution in [2.24, 2.45) is 0 Å². The maximum Gasteiger partial charge on any atom is 0.0545 e. The van der Waals surface area contributed by atoms with Crippen molar-refractivity contribution in [3.63, 3.8) is 0 Å². The maximum absolute atomic E-state index is 4.68. The summed E-state index contributed by atoms with van der Waals surface area (Å²) in [6, 6.07) is 5.02. The van der Waals surface area contributed by atoms with Crippen LogP contribution >= 0.6 is 0 Å². The zero-order valence-corrected chi connectivity index (χ0v) is 10.6. The molecule has 1 heterocycles. The Bertz CT molecular complexity index is 356. The Balaban J connectivity index is 1.97. The molecule has 0 spiro atoms. The largest absolute Gasteiger partial charge is 0.309 e. The SMILES string of the molecule is CCC(C)NCc1ccc(C2CC2)c(C)n1. The van der Waals surface area contributed by atoms with E-state index in [1.807, 2.05) is 0 Å². The van der Waals surface area contributed by atoms with E-state index in [9.17, 15) is 0 Å². The van der Waals surface area contributed by atoms with Gasteiger partial charge in [0.15, 0.2) is 0 Å². The molecular formula is C14H22N2. The van der Waals surface area contributed by atoms with Gasteiger partial charge in [-0.3, -0.25) is 4.98 Å². The highest BCUT2D eigenvalue weighted by Gasteiger charge is 2.25. The Labute approximate surface area is 98.5 Å². The number of nitrogens with one attached hydrogen (secondary N) is 1. The molecule has 0 aromatic carbocycles. The number of pyridine rings is 1. The summed E-state index contributed by atoms with van der Waals surface area (Å²) in [6.45, 7) is 7.44. The molecule has 0 radical (unpaired) electrons. The number of nitrogens with zero attached hydrogens (tertiary/aromatic N) is 1. The molecule has 1 fully saturated rings. The molecule has 1 aliphatic rings. The quantitative estimate of drug-likeness (QED) is 0.821. The minimum Gasteiger partial charge on any atom is -0.309 e. The lowest BCUT2D eigenvalue weighted by atomic mass is 10.1. The van der Waals surface area contributed by atoms with E-state index >= 15 is 0 Å². The van der Waals surface area contributed by atoms with Crippen molar-refractivity contribution >= 4 is 0 Å². The number of hydrogen-bond donors (Lipinski definition) is 1. The van der Waals surface area contributed by atoms with E-state index in [4.69, 9.17) is 0 Å². The van der Waals surface area contributed by atoms with Crippen molar-refractivity contribution < 1.29 is 0 Å². The normalized spacial score (nSPS) is 17.4. The first-order valence-electron chi connectivity index (χ1n) is 6.40. The summed E-state index contributed by atoms with van der Waals surface area (Å²) in [5, 5.41) is 3.48. The van der Waals surface area contributed by atoms with Gasteiger partial charge in [-0.05, 0) is 50.7 Å². The van der Waals surface area contributed by atoms with E-state index in [0.29, 0.717) is 6.04 Å². The van der Waals surface area contributed by atoms with E-state index < -0.39 is 0 Å². The van der Waals surface area contributed by atoms with Crippen LogP contribution in [0.5, 0.6) is 0 Å². The lowest BCUT2D eigenvalue weighted by Crippen LogP contribution is -2.25. The van der Waals surface area contributed by atoms with E-state index in [1.165, 1.54) is 36.2 Å². The van der Waals surface area contributed by atoms with Gasteiger partial charge in [-0.1, -0.05) is 13.0 Å². The van der Waals surface area contributed by atoms with Crippen molar-refractivity contribution in [3.05, 3.63) is 29.1 Å². The molecule has 2 rings (SSSR count). The molecule has 16 heavy (non-hydrogen) atoms. The molecule has 1 atom stereocenters. The van der Waals surface area contributed by atoms with Crippen LogP contribution in [0.2, 0.25) is 0 Å². The average Bonchev–Trinajstić information content (AvgIpc) is 3.10. The first-order valence-corrected chi connectivity index (χ1v) is 6.40. The fourth-order valence-electron chi connectivity index (χ4n) is 1.97. The van der Waals surface area contributed by atoms with Crippen LogP contribution in [0.15, 0.2) is 12.1 Å². The highest BCUT2D eigenvalue weighted by atomic mass is 14.9. The lowest BCUT2D eigenvalue weighted by molar-refractivity contribution is 0.528. The average molecular weight is 218 g/mol. The second-order valence-electron chi connectivity index (χ2n) is 4.94. The zero-order valence-electron chi connectivity index (χ0n) is 10.6. The van der Waals surface area contributed by atoms with Crippen LogP contribution in [0.4, 0.5) is 0 Å². The van der Waals surface area contributed by atoms with E-state index in [0.717, 1.165) is 12.5 Å². The molecule has 1 unspecified atom stereocenters. The van der Waals surface area contributed by atoms with Crippen LogP contribution in [-0.2, 0) is 6.54 Å². The second kappa shape index (κ2) is 4.96. The molecule has 2 heteroatoms. The summed E-state index contributed by atoms with van der Waals surface area (Å²) in [5.41, 5.74) is 3.86. The van der Waals surface area contributed by atoms with Gasteiger partial charge in [-0.15, -0.1) is 0 Å². The third-order valence-electron chi connectivity index (χ3n) is 3.45. The zero-order chi connectivity index (χ0) is 11.5. The summed E-state index contributed by atoms with van der Waals surface area (Å²) in [6.07, 6.45) is 3.87. The molecule has 0 aliphatic heterocycles. The van der Waals surface area contributed by atoms with Crippen molar-refractivity contribution in [1.29, 1.82) is 0 Å². The topological polar surface area (TPSA) is 24.9 Å². The van der Waals surface area contributed by atoms with E-state index in [1.54, 1.807) is 0 Å². The molecule has 2 nitrogen and oxygen atoms in total. The Morgan fingerprint density at radius 1 is 1.44 bits per heavy atom. The predicted octanol–water partition coefficient (Wildman–Crippen LogP) is 3.16. The molecule has 88 valence electrons. The van der Waals surface area contributed by atoms with E-state index in [2.05, 4.69) is 43.2 Å². The van der Waals surface area contributed by atoms with Crippen LogP contribution in [0.25, 0.3) is 0 Å². The number of aryl methyl sites for hydroxylation is 1. The van der Waals surface area contributed by atoms with Crippen LogP contribution in [0.1, 0.15) is 56.0 Å². The minimum absolute atomic E-state index is 0.574. The van der Waals surface area contributed by atoms with Crippen molar-refractivity contribution in [2.45, 2.75) is 58.5 Å². The van der Waals surface area contributed by atoms with Gasteiger partial charge in [-0.25, -0.2) is 0 Å². The van der Waals surface area contributed by atoms with Gasteiger partial charge in [0, 0.05) is 18.3 Å². The highest BCUT2D eigenvalue weighted by molar-refractivity contribution is 5.29. The second-order valence-corrected chi connectivity index (χ2v) is 4.94. The summed E-state index contributed by atoms with van der Waals surface area (Å²) >= 11 is 0. The Morgan fingerprint density at radius 2 is 2.19 bits per heavy atom. The maximum atomic E-state index is 4.68. The van der Waals surface area contributed by atoms with Gasteiger partial charge in [0.05, 0.1) is 5.69 Å². The first kappa shape index (κ1) is 11.6. The summed E-state index contributed by atoms with van der Waals surface area (Å²) < 4.78 is 0. The first-order chi connectivity index (χ1) is 7.70. The number of aromatic nitrogens is 1. The number of hydrogen-bond acceptors (Lipinski definition) is 2. The molecule has 1 saturated carbocycles. The summed E-state index contributed by atoms with van der Waals surface area (Å²) in [7, 11) is 0. The van der Waals surface area contributed by atoms with Gasteiger partial charge < -0.3 is 5.32 Å². The lowest BCUT2D eigenvalue weighted by Gasteiger charge is -2.12. The monoisotopic (exact) mass is 218 g/mol. The van der Waals surface area contributed by atoms with Crippen LogP contribution in [0.3, 0.4) is 0 Å². The van der Waals surface area contributed by atoms with Gasteiger partial charge in [0.25, 0.3) is 0 Å². The highest BCUT2D eigenvalue weighted by Crippen LogP contribution is 2.41. The van der Waals surface area contributed by atoms with Crippen LogP contribution in [-0.4, -0.2) is 11.0 Å². The number of rotatable bonds is 5. The van der Waals surface area contributed by atoms with Gasteiger partial charge in [-0.2, -0.15) is 0 Å². The fourth-order valence-corrected chi connectivity index (χ4v) is 1.97. The van der Waals surface area contributed by atoms with Gasteiger partial charge in [0.1, 0.15) is 0 Å².